The SMILES string of the molecule is Cc1ccc(Cl)c2sc(N(CCN(C)C)C(=O)c3cccc(S(C)(=O)=O)c3)nc12.Cl. The van der Waals surface area contributed by atoms with Gasteiger partial charge in [0.15, 0.2) is 15.0 Å². The van der Waals surface area contributed by atoms with Crippen molar-refractivity contribution in [1.82, 2.24) is 9.88 Å². The lowest BCUT2D eigenvalue weighted by Crippen LogP contribution is -2.36. The molecule has 0 N–H and O–H groups in total. The number of anilines is 1. The van der Waals surface area contributed by atoms with Crippen LogP contribution in [0.3, 0.4) is 0 Å². The zero-order valence-electron chi connectivity index (χ0n) is 17.0. The normalized spacial score (nSPS) is 11.5. The highest BCUT2D eigenvalue weighted by Gasteiger charge is 2.23. The third-order valence-electron chi connectivity index (χ3n) is 4.44. The van der Waals surface area contributed by atoms with Gasteiger partial charge in [-0.3, -0.25) is 9.69 Å². The van der Waals surface area contributed by atoms with E-state index in [-0.39, 0.29) is 23.2 Å². The molecule has 3 aromatic rings. The first kappa shape index (κ1) is 24.6. The largest absolute Gasteiger partial charge is 0.308 e. The fourth-order valence-electron chi connectivity index (χ4n) is 2.81. The van der Waals surface area contributed by atoms with E-state index in [1.165, 1.54) is 23.5 Å². The van der Waals surface area contributed by atoms with Crippen molar-refractivity contribution in [3.63, 3.8) is 0 Å². The maximum atomic E-state index is 13.3. The second kappa shape index (κ2) is 9.62. The van der Waals surface area contributed by atoms with E-state index < -0.39 is 9.84 Å². The van der Waals surface area contributed by atoms with Crippen molar-refractivity contribution in [2.45, 2.75) is 11.8 Å². The first-order valence-electron chi connectivity index (χ1n) is 8.90. The van der Waals surface area contributed by atoms with E-state index in [4.69, 9.17) is 11.6 Å². The fourth-order valence-corrected chi connectivity index (χ4v) is 4.81. The number of fused-ring (bicyclic) bond motifs is 1. The quantitative estimate of drug-likeness (QED) is 0.518. The Bertz CT molecular complexity index is 1140. The third-order valence-corrected chi connectivity index (χ3v) is 7.09. The van der Waals surface area contributed by atoms with Crippen molar-refractivity contribution in [3.05, 3.63) is 52.5 Å². The maximum Gasteiger partial charge on any atom is 0.260 e. The molecule has 1 heterocycles. The Morgan fingerprint density at radius 2 is 1.87 bits per heavy atom. The molecule has 0 aliphatic heterocycles. The Balaban J connectivity index is 0.00000320. The monoisotopic (exact) mass is 487 g/mol. The van der Waals surface area contributed by atoms with Crippen LogP contribution >= 0.6 is 35.3 Å². The van der Waals surface area contributed by atoms with Crippen LogP contribution in [0.25, 0.3) is 10.2 Å². The van der Waals surface area contributed by atoms with Gasteiger partial charge in [-0.15, -0.1) is 12.4 Å². The number of hydrogen-bond donors (Lipinski definition) is 0. The summed E-state index contributed by atoms with van der Waals surface area (Å²) in [7, 11) is 0.430. The van der Waals surface area contributed by atoms with E-state index >= 15 is 0 Å². The lowest BCUT2D eigenvalue weighted by atomic mass is 10.2. The van der Waals surface area contributed by atoms with E-state index in [1.54, 1.807) is 17.0 Å². The Kier molecular flexibility index (Phi) is 7.87. The van der Waals surface area contributed by atoms with E-state index in [0.29, 0.717) is 28.8 Å². The maximum absolute atomic E-state index is 13.3. The molecule has 0 radical (unpaired) electrons. The van der Waals surface area contributed by atoms with Gasteiger partial charge in [-0.2, -0.15) is 0 Å². The summed E-state index contributed by atoms with van der Waals surface area (Å²) in [6.45, 7) is 2.98. The van der Waals surface area contributed by atoms with Crippen LogP contribution in [0.4, 0.5) is 5.13 Å². The molecule has 0 saturated carbocycles. The van der Waals surface area contributed by atoms with Gasteiger partial charge in [-0.1, -0.05) is 35.1 Å². The van der Waals surface area contributed by atoms with Crippen LogP contribution in [0.1, 0.15) is 15.9 Å². The second-order valence-electron chi connectivity index (χ2n) is 7.10. The predicted molar refractivity (Wildman–Crippen MR) is 126 cm³/mol. The van der Waals surface area contributed by atoms with E-state index in [0.717, 1.165) is 22.0 Å². The second-order valence-corrected chi connectivity index (χ2v) is 10.5. The number of amides is 1. The number of aryl methyl sites for hydroxylation is 1. The molecule has 30 heavy (non-hydrogen) atoms. The summed E-state index contributed by atoms with van der Waals surface area (Å²) in [6.07, 6.45) is 1.12. The van der Waals surface area contributed by atoms with Gasteiger partial charge in [0.05, 0.1) is 20.1 Å². The number of sulfone groups is 1. The number of halogens is 2. The van der Waals surface area contributed by atoms with Gasteiger partial charge < -0.3 is 4.90 Å². The van der Waals surface area contributed by atoms with Crippen molar-refractivity contribution in [2.75, 3.05) is 38.3 Å². The van der Waals surface area contributed by atoms with Gasteiger partial charge in [0, 0.05) is 24.9 Å². The average molecular weight is 488 g/mol. The Morgan fingerprint density at radius 3 is 2.47 bits per heavy atom. The molecule has 0 aliphatic rings. The van der Waals surface area contributed by atoms with Crippen molar-refractivity contribution < 1.29 is 13.2 Å². The molecule has 0 unspecified atom stereocenters. The van der Waals surface area contributed by atoms with Crippen molar-refractivity contribution in [1.29, 1.82) is 0 Å². The number of likely N-dealkylation sites (N-methyl/N-ethyl adjacent to an activating group) is 1. The number of hydrogen-bond acceptors (Lipinski definition) is 6. The predicted octanol–water partition coefficient (Wildman–Crippen LogP) is 4.29. The van der Waals surface area contributed by atoms with Gasteiger partial charge >= 0.3 is 0 Å². The third kappa shape index (κ3) is 5.31. The van der Waals surface area contributed by atoms with Gasteiger partial charge in [-0.25, -0.2) is 13.4 Å². The van der Waals surface area contributed by atoms with Gasteiger partial charge in [-0.05, 0) is 50.8 Å². The molecule has 3 rings (SSSR count). The number of benzene rings is 2. The Hall–Kier alpha value is -1.71. The molecular weight excluding hydrogens is 465 g/mol. The molecule has 2 aromatic carbocycles. The smallest absolute Gasteiger partial charge is 0.260 e. The molecule has 6 nitrogen and oxygen atoms in total. The first-order valence-corrected chi connectivity index (χ1v) is 12.0. The summed E-state index contributed by atoms with van der Waals surface area (Å²) >= 11 is 7.69. The van der Waals surface area contributed by atoms with Crippen LogP contribution in [-0.4, -0.2) is 57.6 Å². The molecule has 10 heteroatoms. The Labute approximate surface area is 191 Å². The Morgan fingerprint density at radius 1 is 1.17 bits per heavy atom. The topological polar surface area (TPSA) is 70.6 Å². The highest BCUT2D eigenvalue weighted by atomic mass is 35.5. The molecule has 0 bridgehead atoms. The number of nitrogens with zero attached hydrogens (tertiary/aromatic N) is 3. The summed E-state index contributed by atoms with van der Waals surface area (Å²) in [5, 5.41) is 1.13. The standard InChI is InChI=1S/C20H22ClN3O3S2.ClH/c1-13-8-9-16(21)18-17(13)22-20(28-18)24(11-10-23(2)3)19(25)14-6-5-7-15(12-14)29(4,26)27;/h5-9,12H,10-11H2,1-4H3;1H. The van der Waals surface area contributed by atoms with Gasteiger partial charge in [0.1, 0.15) is 0 Å². The molecule has 0 fully saturated rings. The molecule has 162 valence electrons. The number of aromatic nitrogens is 1. The van der Waals surface area contributed by atoms with Crippen LogP contribution in [0.15, 0.2) is 41.3 Å². The average Bonchev–Trinajstić information content (AvgIpc) is 3.10. The van der Waals surface area contributed by atoms with Crippen LogP contribution < -0.4 is 4.90 Å². The van der Waals surface area contributed by atoms with Crippen molar-refractivity contribution in [2.24, 2.45) is 0 Å². The summed E-state index contributed by atoms with van der Waals surface area (Å²) in [4.78, 5) is 21.7. The lowest BCUT2D eigenvalue weighted by molar-refractivity contribution is 0.0985. The molecule has 0 atom stereocenters. The van der Waals surface area contributed by atoms with Crippen LogP contribution in [0.2, 0.25) is 5.02 Å². The summed E-state index contributed by atoms with van der Waals surface area (Å²) in [5.74, 6) is -0.301. The van der Waals surface area contributed by atoms with Crippen LogP contribution in [0.5, 0.6) is 0 Å². The van der Waals surface area contributed by atoms with Gasteiger partial charge in [0.25, 0.3) is 5.91 Å². The summed E-state index contributed by atoms with van der Waals surface area (Å²) < 4.78 is 24.6. The lowest BCUT2D eigenvalue weighted by Gasteiger charge is -2.22. The first-order chi connectivity index (χ1) is 13.6. The molecule has 1 aromatic heterocycles. The molecule has 0 spiro atoms. The zero-order chi connectivity index (χ0) is 21.3. The number of thiazole rings is 1. The van der Waals surface area contributed by atoms with Crippen molar-refractivity contribution >= 4 is 66.4 Å². The van der Waals surface area contributed by atoms with Gasteiger partial charge in [0.2, 0.25) is 0 Å². The molecular formula is C20H23Cl2N3O3S2. The summed E-state index contributed by atoms with van der Waals surface area (Å²) in [6, 6.07) is 9.81. The minimum Gasteiger partial charge on any atom is -0.308 e. The molecule has 0 saturated heterocycles. The zero-order valence-corrected chi connectivity index (χ0v) is 20.3. The number of carbonyl (C=O) groups excluding carboxylic acids is 1. The number of rotatable bonds is 6. The van der Waals surface area contributed by atoms with Crippen LogP contribution in [0, 0.1) is 6.92 Å². The van der Waals surface area contributed by atoms with Crippen molar-refractivity contribution in [3.8, 4) is 0 Å². The summed E-state index contributed by atoms with van der Waals surface area (Å²) in [5.41, 5.74) is 2.05. The highest BCUT2D eigenvalue weighted by molar-refractivity contribution is 7.90. The minimum absolute atomic E-state index is 0. The highest BCUT2D eigenvalue weighted by Crippen LogP contribution is 2.36. The van der Waals surface area contributed by atoms with E-state index in [1.807, 2.05) is 38.1 Å². The molecule has 0 aliphatic carbocycles. The van der Waals surface area contributed by atoms with Crippen LogP contribution in [-0.2, 0) is 9.84 Å². The van der Waals surface area contributed by atoms with E-state index in [2.05, 4.69) is 4.98 Å². The minimum atomic E-state index is -3.42. The number of carbonyl (C=O) groups is 1. The fraction of sp³-hybridized carbons (Fsp3) is 0.300. The molecule has 1 amide bonds. The van der Waals surface area contributed by atoms with E-state index in [9.17, 15) is 13.2 Å².